The molecule has 0 unspecified atom stereocenters. The molecule has 0 radical (unpaired) electrons. The lowest BCUT2D eigenvalue weighted by molar-refractivity contribution is 0.0556. The van der Waals surface area contributed by atoms with Gasteiger partial charge in [-0.3, -0.25) is 0 Å². The first-order valence-corrected chi connectivity index (χ1v) is 5.66. The fraction of sp³-hybridized carbons (Fsp3) is 0.100. The van der Waals surface area contributed by atoms with E-state index in [0.29, 0.717) is 15.1 Å². The molecule has 0 saturated carbocycles. The molecule has 0 atom stereocenters. The van der Waals surface area contributed by atoms with Crippen LogP contribution in [-0.2, 0) is 4.74 Å². The third kappa shape index (κ3) is 2.48. The van der Waals surface area contributed by atoms with Crippen molar-refractivity contribution in [3.05, 3.63) is 33.6 Å². The van der Waals surface area contributed by atoms with E-state index in [4.69, 9.17) is 16.0 Å². The van der Waals surface area contributed by atoms with Crippen molar-refractivity contribution in [3.8, 4) is 11.5 Å². The van der Waals surface area contributed by atoms with Gasteiger partial charge in [-0.25, -0.2) is 4.79 Å². The average molecular weight is 318 g/mol. The highest BCUT2D eigenvalue weighted by Crippen LogP contribution is 2.29. The number of halogens is 2. The van der Waals surface area contributed by atoms with E-state index in [0.717, 1.165) is 0 Å². The number of nitrogens with zero attached hydrogens (tertiary/aromatic N) is 2. The Labute approximate surface area is 110 Å². The zero-order chi connectivity index (χ0) is 12.4. The summed E-state index contributed by atoms with van der Waals surface area (Å²) >= 11 is 9.13. The van der Waals surface area contributed by atoms with Crippen molar-refractivity contribution in [1.29, 1.82) is 0 Å². The third-order valence-corrected chi connectivity index (χ3v) is 2.84. The lowest BCUT2D eigenvalue weighted by Gasteiger charge is -1.99. The lowest BCUT2D eigenvalue weighted by Crippen LogP contribution is -2.00. The van der Waals surface area contributed by atoms with Crippen molar-refractivity contribution in [2.24, 2.45) is 0 Å². The molecule has 5 nitrogen and oxygen atoms in total. The lowest BCUT2D eigenvalue weighted by atomic mass is 10.2. The topological polar surface area (TPSA) is 65.2 Å². The summed E-state index contributed by atoms with van der Waals surface area (Å²) in [5.41, 5.74) is 0.650. The van der Waals surface area contributed by atoms with E-state index in [2.05, 4.69) is 30.9 Å². The van der Waals surface area contributed by atoms with Crippen LogP contribution in [0.4, 0.5) is 0 Å². The van der Waals surface area contributed by atoms with Crippen molar-refractivity contribution in [2.45, 2.75) is 0 Å². The number of carbonyl (C=O) groups is 1. The number of hydrogen-bond acceptors (Lipinski definition) is 5. The maximum atomic E-state index is 11.1. The van der Waals surface area contributed by atoms with Crippen LogP contribution in [0.15, 0.2) is 27.1 Å². The normalized spacial score (nSPS) is 10.3. The minimum absolute atomic E-state index is 0.190. The van der Waals surface area contributed by atoms with Gasteiger partial charge in [0.2, 0.25) is 5.89 Å². The highest BCUT2D eigenvalue weighted by Gasteiger charge is 2.17. The number of aromatic nitrogens is 2. The molecule has 1 heterocycles. The summed E-state index contributed by atoms with van der Waals surface area (Å²) < 4.78 is 10.3. The standard InChI is InChI=1S/C10H6BrClN2O3/c1-16-10(15)9-14-13-8(17-9)6-3-2-5(12)4-7(6)11/h2-4H,1H3. The minimum atomic E-state index is -0.672. The molecule has 0 aliphatic rings. The number of esters is 1. The summed E-state index contributed by atoms with van der Waals surface area (Å²) in [5.74, 6) is -0.646. The summed E-state index contributed by atoms with van der Waals surface area (Å²) in [5, 5.41) is 7.91. The number of hydrogen-bond donors (Lipinski definition) is 0. The van der Waals surface area contributed by atoms with Gasteiger partial charge < -0.3 is 9.15 Å². The second-order valence-electron chi connectivity index (χ2n) is 3.03. The molecule has 0 spiro atoms. The van der Waals surface area contributed by atoms with Gasteiger partial charge in [-0.1, -0.05) is 11.6 Å². The van der Waals surface area contributed by atoms with Crippen LogP contribution in [0.3, 0.4) is 0 Å². The molecule has 2 aromatic rings. The Morgan fingerprint density at radius 2 is 2.24 bits per heavy atom. The van der Waals surface area contributed by atoms with E-state index >= 15 is 0 Å². The average Bonchev–Trinajstić information content (AvgIpc) is 2.77. The maximum absolute atomic E-state index is 11.1. The SMILES string of the molecule is COC(=O)c1nnc(-c2ccc(Cl)cc2Br)o1. The molecule has 0 aliphatic heterocycles. The number of methoxy groups -OCH3 is 1. The van der Waals surface area contributed by atoms with Crippen LogP contribution in [0.25, 0.3) is 11.5 Å². The molecular formula is C10H6BrClN2O3. The number of carbonyl (C=O) groups excluding carboxylic acids is 1. The quantitative estimate of drug-likeness (QED) is 0.797. The Balaban J connectivity index is 2.40. The molecule has 2 rings (SSSR count). The van der Waals surface area contributed by atoms with E-state index in [1.165, 1.54) is 7.11 Å². The van der Waals surface area contributed by atoms with Gasteiger partial charge in [0.25, 0.3) is 0 Å². The molecule has 0 aliphatic carbocycles. The zero-order valence-corrected chi connectivity index (χ0v) is 10.9. The third-order valence-electron chi connectivity index (χ3n) is 1.95. The highest BCUT2D eigenvalue weighted by molar-refractivity contribution is 9.10. The molecule has 0 fully saturated rings. The summed E-state index contributed by atoms with van der Waals surface area (Å²) in [6, 6.07) is 5.09. The first-order chi connectivity index (χ1) is 8.11. The van der Waals surface area contributed by atoms with E-state index in [1.807, 2.05) is 0 Å². The van der Waals surface area contributed by atoms with Gasteiger partial charge in [0, 0.05) is 9.50 Å². The predicted octanol–water partition coefficient (Wildman–Crippen LogP) is 2.94. The molecule has 0 amide bonds. The van der Waals surface area contributed by atoms with Crippen molar-refractivity contribution < 1.29 is 13.9 Å². The smallest absolute Gasteiger partial charge is 0.396 e. The first-order valence-electron chi connectivity index (χ1n) is 4.49. The van der Waals surface area contributed by atoms with Gasteiger partial charge in [0.15, 0.2) is 0 Å². The zero-order valence-electron chi connectivity index (χ0n) is 8.61. The van der Waals surface area contributed by atoms with Crippen LogP contribution in [0, 0.1) is 0 Å². The van der Waals surface area contributed by atoms with Crippen LogP contribution in [0.1, 0.15) is 10.7 Å². The van der Waals surface area contributed by atoms with E-state index in [1.54, 1.807) is 18.2 Å². The Morgan fingerprint density at radius 3 is 2.88 bits per heavy atom. The maximum Gasteiger partial charge on any atom is 0.396 e. The first kappa shape index (κ1) is 12.1. The van der Waals surface area contributed by atoms with E-state index in [-0.39, 0.29) is 11.8 Å². The monoisotopic (exact) mass is 316 g/mol. The van der Waals surface area contributed by atoms with Crippen LogP contribution in [0.5, 0.6) is 0 Å². The number of rotatable bonds is 2. The molecule has 1 aromatic heterocycles. The second-order valence-corrected chi connectivity index (χ2v) is 4.32. The summed E-state index contributed by atoms with van der Waals surface area (Å²) in [4.78, 5) is 11.1. The molecule has 7 heteroatoms. The van der Waals surface area contributed by atoms with Crippen LogP contribution in [0.2, 0.25) is 5.02 Å². The molecular weight excluding hydrogens is 311 g/mol. The molecule has 17 heavy (non-hydrogen) atoms. The highest BCUT2D eigenvalue weighted by atomic mass is 79.9. The van der Waals surface area contributed by atoms with Gasteiger partial charge in [0.1, 0.15) is 0 Å². The molecule has 0 saturated heterocycles. The van der Waals surface area contributed by atoms with E-state index < -0.39 is 5.97 Å². The Kier molecular flexibility index (Phi) is 3.44. The van der Waals surface area contributed by atoms with Crippen molar-refractivity contribution >= 4 is 33.5 Å². The van der Waals surface area contributed by atoms with Crippen molar-refractivity contribution in [2.75, 3.05) is 7.11 Å². The predicted molar refractivity (Wildman–Crippen MR) is 63.8 cm³/mol. The van der Waals surface area contributed by atoms with Gasteiger partial charge in [-0.2, -0.15) is 0 Å². The fourth-order valence-electron chi connectivity index (χ4n) is 1.16. The molecule has 88 valence electrons. The summed E-state index contributed by atoms with van der Waals surface area (Å²) in [6.45, 7) is 0. The Hall–Kier alpha value is -1.40. The second kappa shape index (κ2) is 4.85. The van der Waals surface area contributed by atoms with Gasteiger partial charge in [-0.15, -0.1) is 10.2 Å². The van der Waals surface area contributed by atoms with Gasteiger partial charge in [0.05, 0.1) is 12.7 Å². The Morgan fingerprint density at radius 1 is 1.47 bits per heavy atom. The van der Waals surface area contributed by atoms with E-state index in [9.17, 15) is 4.79 Å². The summed E-state index contributed by atoms with van der Waals surface area (Å²) in [6.07, 6.45) is 0. The molecule has 1 aromatic carbocycles. The van der Waals surface area contributed by atoms with Crippen LogP contribution >= 0.6 is 27.5 Å². The van der Waals surface area contributed by atoms with Gasteiger partial charge >= 0.3 is 11.9 Å². The summed E-state index contributed by atoms with van der Waals surface area (Å²) in [7, 11) is 1.24. The molecule has 0 bridgehead atoms. The number of ether oxygens (including phenoxy) is 1. The van der Waals surface area contributed by atoms with Crippen LogP contribution < -0.4 is 0 Å². The largest absolute Gasteiger partial charge is 0.462 e. The van der Waals surface area contributed by atoms with Crippen molar-refractivity contribution in [3.63, 3.8) is 0 Å². The Bertz CT molecular complexity index is 570. The van der Waals surface area contributed by atoms with Crippen LogP contribution in [-0.4, -0.2) is 23.3 Å². The van der Waals surface area contributed by atoms with Gasteiger partial charge in [-0.05, 0) is 34.1 Å². The molecule has 0 N–H and O–H groups in total. The fourth-order valence-corrected chi connectivity index (χ4v) is 2.02. The number of benzene rings is 1. The van der Waals surface area contributed by atoms with Crippen molar-refractivity contribution in [1.82, 2.24) is 10.2 Å². The minimum Gasteiger partial charge on any atom is -0.462 e.